The molecule has 0 bridgehead atoms. The van der Waals surface area contributed by atoms with Gasteiger partial charge in [-0.2, -0.15) is 5.10 Å². The van der Waals surface area contributed by atoms with Crippen molar-refractivity contribution in [2.24, 2.45) is 0 Å². The van der Waals surface area contributed by atoms with Crippen LogP contribution in [-0.2, 0) is 27.4 Å². The van der Waals surface area contributed by atoms with Gasteiger partial charge in [0, 0.05) is 7.11 Å². The summed E-state index contributed by atoms with van der Waals surface area (Å²) in [5.74, 6) is -0.498. The van der Waals surface area contributed by atoms with Crippen molar-refractivity contribution in [2.75, 3.05) is 13.7 Å². The number of ether oxygens (including phenoxy) is 2. The van der Waals surface area contributed by atoms with Crippen LogP contribution in [0.25, 0.3) is 0 Å². The summed E-state index contributed by atoms with van der Waals surface area (Å²) in [6.07, 6.45) is 1.13. The van der Waals surface area contributed by atoms with Crippen LogP contribution in [0.3, 0.4) is 0 Å². The van der Waals surface area contributed by atoms with Gasteiger partial charge in [0.05, 0.1) is 29.8 Å². The lowest BCUT2D eigenvalue weighted by Crippen LogP contribution is -2.28. The number of halogens is 1. The molecule has 0 fully saturated rings. The lowest BCUT2D eigenvalue weighted by molar-refractivity contribution is -0.142. The first-order chi connectivity index (χ1) is 8.10. The Morgan fingerprint density at radius 1 is 1.59 bits per heavy atom. The minimum absolute atomic E-state index is 0.00578. The smallest absolute Gasteiger partial charge is 0.310 e. The van der Waals surface area contributed by atoms with Gasteiger partial charge in [-0.25, -0.2) is 4.68 Å². The molecule has 0 amide bonds. The van der Waals surface area contributed by atoms with E-state index in [9.17, 15) is 9.59 Å². The molecule has 6 nitrogen and oxygen atoms in total. The fourth-order valence-electron chi connectivity index (χ4n) is 1.24. The number of carbonyl (C=O) groups is 1. The SMILES string of the molecule is CCOC(=O)Cc1c(Cl)cnn(COC)c1=O. The molecule has 0 spiro atoms. The molecule has 94 valence electrons. The Balaban J connectivity index is 3.01. The van der Waals surface area contributed by atoms with Crippen molar-refractivity contribution in [3.8, 4) is 0 Å². The Morgan fingerprint density at radius 3 is 2.88 bits per heavy atom. The third-order valence-corrected chi connectivity index (χ3v) is 2.29. The molecular weight excluding hydrogens is 248 g/mol. The quantitative estimate of drug-likeness (QED) is 0.726. The summed E-state index contributed by atoms with van der Waals surface area (Å²) >= 11 is 5.82. The third kappa shape index (κ3) is 3.54. The predicted molar refractivity (Wildman–Crippen MR) is 60.9 cm³/mol. The van der Waals surface area contributed by atoms with Crippen LogP contribution in [0.4, 0.5) is 0 Å². The standard InChI is InChI=1S/C10H13ClN2O4/c1-3-17-9(14)4-7-8(11)5-12-13(6-16-2)10(7)15/h5H,3-4,6H2,1-2H3. The van der Waals surface area contributed by atoms with Crippen molar-refractivity contribution in [2.45, 2.75) is 20.1 Å². The first-order valence-electron chi connectivity index (χ1n) is 4.99. The molecular formula is C10H13ClN2O4. The van der Waals surface area contributed by atoms with E-state index in [2.05, 4.69) is 5.10 Å². The van der Waals surface area contributed by atoms with E-state index in [0.717, 1.165) is 4.68 Å². The normalized spacial score (nSPS) is 10.3. The molecule has 7 heteroatoms. The zero-order valence-electron chi connectivity index (χ0n) is 9.60. The second-order valence-electron chi connectivity index (χ2n) is 3.18. The molecule has 17 heavy (non-hydrogen) atoms. The highest BCUT2D eigenvalue weighted by Crippen LogP contribution is 2.10. The minimum Gasteiger partial charge on any atom is -0.466 e. The number of aromatic nitrogens is 2. The second kappa shape index (κ2) is 6.36. The van der Waals surface area contributed by atoms with Crippen LogP contribution < -0.4 is 5.56 Å². The van der Waals surface area contributed by atoms with E-state index in [1.54, 1.807) is 6.92 Å². The first-order valence-corrected chi connectivity index (χ1v) is 5.37. The predicted octanol–water partition coefficient (Wildman–Crippen LogP) is 0.606. The summed E-state index contributed by atoms with van der Waals surface area (Å²) in [5.41, 5.74) is -0.287. The van der Waals surface area contributed by atoms with E-state index in [-0.39, 0.29) is 30.3 Å². The molecule has 0 atom stereocenters. The zero-order chi connectivity index (χ0) is 12.8. The van der Waals surface area contributed by atoms with Crippen LogP contribution in [0.1, 0.15) is 12.5 Å². The van der Waals surface area contributed by atoms with Crippen LogP contribution in [0.5, 0.6) is 0 Å². The zero-order valence-corrected chi connectivity index (χ0v) is 10.4. The number of esters is 1. The Hall–Kier alpha value is -1.40. The monoisotopic (exact) mass is 260 g/mol. The average molecular weight is 261 g/mol. The summed E-state index contributed by atoms with van der Waals surface area (Å²) in [5, 5.41) is 3.93. The Labute approximate surface area is 103 Å². The fraction of sp³-hybridized carbons (Fsp3) is 0.500. The maximum Gasteiger partial charge on any atom is 0.310 e. The van der Waals surface area contributed by atoms with Crippen molar-refractivity contribution in [1.29, 1.82) is 0 Å². The van der Waals surface area contributed by atoms with E-state index in [0.29, 0.717) is 0 Å². The van der Waals surface area contributed by atoms with E-state index in [4.69, 9.17) is 21.1 Å². The average Bonchev–Trinajstić information content (AvgIpc) is 2.29. The first kappa shape index (κ1) is 13.7. The molecule has 1 aromatic rings. The molecule has 0 aliphatic rings. The van der Waals surface area contributed by atoms with Crippen molar-refractivity contribution < 1.29 is 14.3 Å². The highest BCUT2D eigenvalue weighted by molar-refractivity contribution is 6.31. The third-order valence-electron chi connectivity index (χ3n) is 1.97. The van der Waals surface area contributed by atoms with Crippen LogP contribution >= 0.6 is 11.6 Å². The molecule has 1 rings (SSSR count). The number of methoxy groups -OCH3 is 1. The summed E-state index contributed by atoms with van der Waals surface area (Å²) in [6.45, 7) is 1.95. The van der Waals surface area contributed by atoms with Gasteiger partial charge in [0.25, 0.3) is 5.56 Å². The molecule has 1 aromatic heterocycles. The van der Waals surface area contributed by atoms with Crippen LogP contribution in [0, 0.1) is 0 Å². The molecule has 0 radical (unpaired) electrons. The Kier molecular flexibility index (Phi) is 5.11. The van der Waals surface area contributed by atoms with Gasteiger partial charge >= 0.3 is 5.97 Å². The molecule has 0 unspecified atom stereocenters. The van der Waals surface area contributed by atoms with Crippen molar-refractivity contribution in [1.82, 2.24) is 9.78 Å². The number of hydrogen-bond donors (Lipinski definition) is 0. The number of nitrogens with zero attached hydrogens (tertiary/aromatic N) is 2. The van der Waals surface area contributed by atoms with E-state index in [1.165, 1.54) is 13.3 Å². The van der Waals surface area contributed by atoms with Crippen molar-refractivity contribution in [3.63, 3.8) is 0 Å². The van der Waals surface area contributed by atoms with Gasteiger partial charge < -0.3 is 9.47 Å². The van der Waals surface area contributed by atoms with Gasteiger partial charge in [0.2, 0.25) is 0 Å². The van der Waals surface area contributed by atoms with Gasteiger partial charge in [0.1, 0.15) is 6.73 Å². The maximum absolute atomic E-state index is 11.8. The van der Waals surface area contributed by atoms with Gasteiger partial charge in [-0.3, -0.25) is 9.59 Å². The van der Waals surface area contributed by atoms with Crippen LogP contribution in [-0.4, -0.2) is 29.5 Å². The summed E-state index contributed by atoms with van der Waals surface area (Å²) < 4.78 is 10.6. The highest BCUT2D eigenvalue weighted by atomic mass is 35.5. The van der Waals surface area contributed by atoms with Gasteiger partial charge in [-0.05, 0) is 6.92 Å². The van der Waals surface area contributed by atoms with E-state index >= 15 is 0 Å². The van der Waals surface area contributed by atoms with Gasteiger partial charge in [-0.15, -0.1) is 0 Å². The maximum atomic E-state index is 11.8. The molecule has 0 aliphatic carbocycles. The summed E-state index contributed by atoms with van der Waals surface area (Å²) in [7, 11) is 1.44. The molecule has 1 heterocycles. The molecule has 0 aromatic carbocycles. The second-order valence-corrected chi connectivity index (χ2v) is 3.58. The van der Waals surface area contributed by atoms with Crippen molar-refractivity contribution >= 4 is 17.6 Å². The Bertz CT molecular complexity index is 458. The Morgan fingerprint density at radius 2 is 2.29 bits per heavy atom. The fourth-order valence-corrected chi connectivity index (χ4v) is 1.43. The lowest BCUT2D eigenvalue weighted by Gasteiger charge is -2.07. The molecule has 0 aliphatic heterocycles. The summed E-state index contributed by atoms with van der Waals surface area (Å²) in [6, 6.07) is 0. The number of carbonyl (C=O) groups excluding carboxylic acids is 1. The van der Waals surface area contributed by atoms with Crippen LogP contribution in [0.15, 0.2) is 11.0 Å². The lowest BCUT2D eigenvalue weighted by atomic mass is 10.2. The molecule has 0 saturated carbocycles. The van der Waals surface area contributed by atoms with E-state index in [1.807, 2.05) is 0 Å². The number of hydrogen-bond acceptors (Lipinski definition) is 5. The highest BCUT2D eigenvalue weighted by Gasteiger charge is 2.14. The van der Waals surface area contributed by atoms with E-state index < -0.39 is 11.5 Å². The minimum atomic E-state index is -0.498. The molecule has 0 saturated heterocycles. The number of rotatable bonds is 5. The van der Waals surface area contributed by atoms with Crippen molar-refractivity contribution in [3.05, 3.63) is 27.1 Å². The van der Waals surface area contributed by atoms with Gasteiger partial charge in [-0.1, -0.05) is 11.6 Å². The molecule has 0 N–H and O–H groups in total. The largest absolute Gasteiger partial charge is 0.466 e. The van der Waals surface area contributed by atoms with Crippen LogP contribution in [0.2, 0.25) is 5.02 Å². The van der Waals surface area contributed by atoms with Gasteiger partial charge in [0.15, 0.2) is 0 Å². The summed E-state index contributed by atoms with van der Waals surface area (Å²) in [4.78, 5) is 23.2. The topological polar surface area (TPSA) is 70.4 Å².